The summed E-state index contributed by atoms with van der Waals surface area (Å²) >= 11 is 0. The topological polar surface area (TPSA) is 32.7 Å². The van der Waals surface area contributed by atoms with Crippen LogP contribution in [-0.4, -0.2) is 17.1 Å². The predicted octanol–water partition coefficient (Wildman–Crippen LogP) is 5.53. The van der Waals surface area contributed by atoms with Gasteiger partial charge in [-0.15, -0.1) is 0 Å². The van der Waals surface area contributed by atoms with Crippen molar-refractivity contribution in [3.63, 3.8) is 0 Å². The summed E-state index contributed by atoms with van der Waals surface area (Å²) in [6, 6.07) is 20.7. The van der Waals surface area contributed by atoms with Gasteiger partial charge in [-0.05, 0) is 60.4 Å². The molecular formula is C25H25NO2. The van der Waals surface area contributed by atoms with E-state index >= 15 is 0 Å². The zero-order chi connectivity index (χ0) is 19.7. The van der Waals surface area contributed by atoms with Gasteiger partial charge in [-0.3, -0.25) is 0 Å². The summed E-state index contributed by atoms with van der Waals surface area (Å²) in [7, 11) is 1.58. The number of phenols is 1. The van der Waals surface area contributed by atoms with Crippen molar-refractivity contribution >= 4 is 11.8 Å². The van der Waals surface area contributed by atoms with Crippen molar-refractivity contribution in [2.45, 2.75) is 26.9 Å². The Labute approximate surface area is 166 Å². The molecule has 0 spiro atoms. The van der Waals surface area contributed by atoms with E-state index in [1.165, 1.54) is 27.8 Å². The third-order valence-corrected chi connectivity index (χ3v) is 5.38. The normalized spacial score (nSPS) is 13.1. The summed E-state index contributed by atoms with van der Waals surface area (Å²) in [5.74, 6) is 0.646. The van der Waals surface area contributed by atoms with E-state index in [9.17, 15) is 5.11 Å². The van der Waals surface area contributed by atoms with E-state index in [1.807, 2.05) is 12.1 Å². The molecule has 0 amide bonds. The molecule has 0 unspecified atom stereocenters. The highest BCUT2D eigenvalue weighted by atomic mass is 16.5. The Kier molecular flexibility index (Phi) is 4.82. The lowest BCUT2D eigenvalue weighted by Crippen LogP contribution is -2.25. The van der Waals surface area contributed by atoms with Crippen molar-refractivity contribution in [1.82, 2.24) is 4.90 Å². The molecule has 3 aromatic carbocycles. The zero-order valence-corrected chi connectivity index (χ0v) is 16.6. The zero-order valence-electron chi connectivity index (χ0n) is 16.6. The molecule has 0 fully saturated rings. The minimum Gasteiger partial charge on any atom is -0.504 e. The van der Waals surface area contributed by atoms with Crippen molar-refractivity contribution in [2.75, 3.05) is 7.11 Å². The number of aryl methyl sites for hydroxylation is 2. The van der Waals surface area contributed by atoms with Gasteiger partial charge in [0.15, 0.2) is 11.5 Å². The SMILES string of the molecule is COc1cc(C2=Cc3ccccc3CN2Cc2ccc(C)cc2C)ccc1O. The second-order valence-corrected chi connectivity index (χ2v) is 7.40. The van der Waals surface area contributed by atoms with Crippen LogP contribution in [0.15, 0.2) is 60.7 Å². The van der Waals surface area contributed by atoms with Crippen molar-refractivity contribution in [3.8, 4) is 11.5 Å². The van der Waals surface area contributed by atoms with E-state index in [1.54, 1.807) is 13.2 Å². The molecule has 0 aliphatic carbocycles. The molecule has 0 radical (unpaired) electrons. The molecule has 3 nitrogen and oxygen atoms in total. The third-order valence-electron chi connectivity index (χ3n) is 5.38. The predicted molar refractivity (Wildman–Crippen MR) is 114 cm³/mol. The molecule has 0 saturated heterocycles. The largest absolute Gasteiger partial charge is 0.504 e. The molecule has 28 heavy (non-hydrogen) atoms. The number of aromatic hydroxyl groups is 1. The monoisotopic (exact) mass is 371 g/mol. The Hall–Kier alpha value is -3.20. The fraction of sp³-hybridized carbons (Fsp3) is 0.200. The molecule has 3 heteroatoms. The summed E-state index contributed by atoms with van der Waals surface area (Å²) in [4.78, 5) is 2.39. The first kappa shape index (κ1) is 18.2. The summed E-state index contributed by atoms with van der Waals surface area (Å²) in [5, 5.41) is 10.00. The molecule has 4 rings (SSSR count). The lowest BCUT2D eigenvalue weighted by atomic mass is 9.96. The fourth-order valence-electron chi connectivity index (χ4n) is 3.82. The van der Waals surface area contributed by atoms with Crippen LogP contribution >= 0.6 is 0 Å². The molecule has 1 heterocycles. The van der Waals surface area contributed by atoms with Crippen molar-refractivity contribution in [2.24, 2.45) is 0 Å². The number of nitrogens with zero attached hydrogens (tertiary/aromatic N) is 1. The number of hydrogen-bond acceptors (Lipinski definition) is 3. The minimum absolute atomic E-state index is 0.156. The summed E-state index contributed by atoms with van der Waals surface area (Å²) < 4.78 is 5.34. The number of methoxy groups -OCH3 is 1. The number of rotatable bonds is 4. The Morgan fingerprint density at radius 3 is 2.61 bits per heavy atom. The van der Waals surface area contributed by atoms with Crippen molar-refractivity contribution in [3.05, 3.63) is 94.0 Å². The maximum Gasteiger partial charge on any atom is 0.161 e. The van der Waals surface area contributed by atoms with Gasteiger partial charge in [-0.2, -0.15) is 0 Å². The number of benzene rings is 3. The summed E-state index contributed by atoms with van der Waals surface area (Å²) in [6.45, 7) is 5.98. The Balaban J connectivity index is 1.78. The molecule has 3 aromatic rings. The van der Waals surface area contributed by atoms with Crippen LogP contribution in [0, 0.1) is 13.8 Å². The molecule has 0 bridgehead atoms. The van der Waals surface area contributed by atoms with E-state index < -0.39 is 0 Å². The van der Waals surface area contributed by atoms with Gasteiger partial charge in [0.25, 0.3) is 0 Å². The first-order valence-electron chi connectivity index (χ1n) is 9.53. The highest BCUT2D eigenvalue weighted by Crippen LogP contribution is 2.36. The van der Waals surface area contributed by atoms with E-state index in [2.05, 4.69) is 67.3 Å². The molecule has 0 atom stereocenters. The average molecular weight is 371 g/mol. The maximum absolute atomic E-state index is 10.00. The Morgan fingerprint density at radius 2 is 1.82 bits per heavy atom. The maximum atomic E-state index is 10.00. The van der Waals surface area contributed by atoms with E-state index in [0.717, 1.165) is 24.4 Å². The van der Waals surface area contributed by atoms with E-state index in [4.69, 9.17) is 4.74 Å². The second kappa shape index (κ2) is 7.43. The van der Waals surface area contributed by atoms with Gasteiger partial charge < -0.3 is 14.7 Å². The van der Waals surface area contributed by atoms with Crippen LogP contribution in [0.2, 0.25) is 0 Å². The van der Waals surface area contributed by atoms with Crippen LogP contribution in [0.25, 0.3) is 11.8 Å². The Bertz CT molecular complexity index is 1050. The Morgan fingerprint density at radius 1 is 1.00 bits per heavy atom. The first-order chi connectivity index (χ1) is 13.5. The lowest BCUT2D eigenvalue weighted by molar-refractivity contribution is 0.370. The standard InChI is InChI=1S/C25H25NO2/c1-17-8-9-21(18(2)12-17)15-26-16-22-7-5-4-6-19(22)13-23(26)20-10-11-24(27)25(14-20)28-3/h4-14,27H,15-16H2,1-3H3. The van der Waals surface area contributed by atoms with E-state index in [-0.39, 0.29) is 5.75 Å². The molecule has 1 aliphatic heterocycles. The lowest BCUT2D eigenvalue weighted by Gasteiger charge is -2.33. The van der Waals surface area contributed by atoms with Crippen molar-refractivity contribution in [1.29, 1.82) is 0 Å². The van der Waals surface area contributed by atoms with Crippen LogP contribution in [0.1, 0.15) is 33.4 Å². The van der Waals surface area contributed by atoms with Gasteiger partial charge >= 0.3 is 0 Å². The quantitative estimate of drug-likeness (QED) is 0.654. The number of phenolic OH excluding ortho intramolecular Hbond substituents is 1. The highest BCUT2D eigenvalue weighted by molar-refractivity contribution is 5.83. The van der Waals surface area contributed by atoms with Crippen LogP contribution in [-0.2, 0) is 13.1 Å². The third kappa shape index (κ3) is 3.48. The summed E-state index contributed by atoms with van der Waals surface area (Å²) in [6.07, 6.45) is 2.23. The van der Waals surface area contributed by atoms with Gasteiger partial charge in [-0.25, -0.2) is 0 Å². The fourth-order valence-corrected chi connectivity index (χ4v) is 3.82. The number of fused-ring (bicyclic) bond motifs is 1. The first-order valence-corrected chi connectivity index (χ1v) is 9.53. The molecular weight excluding hydrogens is 346 g/mol. The van der Waals surface area contributed by atoms with Crippen LogP contribution in [0.4, 0.5) is 0 Å². The van der Waals surface area contributed by atoms with Crippen LogP contribution in [0.5, 0.6) is 11.5 Å². The molecule has 1 N–H and O–H groups in total. The van der Waals surface area contributed by atoms with Gasteiger partial charge in [0, 0.05) is 24.4 Å². The summed E-state index contributed by atoms with van der Waals surface area (Å²) in [5.41, 5.74) is 8.64. The van der Waals surface area contributed by atoms with Gasteiger partial charge in [0.1, 0.15) is 0 Å². The molecule has 142 valence electrons. The molecule has 1 aliphatic rings. The number of hydrogen-bond donors (Lipinski definition) is 1. The van der Waals surface area contributed by atoms with E-state index in [0.29, 0.717) is 5.75 Å². The molecule has 0 aromatic heterocycles. The smallest absolute Gasteiger partial charge is 0.161 e. The van der Waals surface area contributed by atoms with Gasteiger partial charge in [0.05, 0.1) is 7.11 Å². The highest BCUT2D eigenvalue weighted by Gasteiger charge is 2.21. The average Bonchev–Trinajstić information content (AvgIpc) is 2.70. The molecule has 0 saturated carbocycles. The van der Waals surface area contributed by atoms with Gasteiger partial charge in [0.2, 0.25) is 0 Å². The van der Waals surface area contributed by atoms with Crippen LogP contribution in [0.3, 0.4) is 0 Å². The minimum atomic E-state index is 0.156. The second-order valence-electron chi connectivity index (χ2n) is 7.40. The van der Waals surface area contributed by atoms with Crippen LogP contribution < -0.4 is 4.74 Å². The van der Waals surface area contributed by atoms with Crippen molar-refractivity contribution < 1.29 is 9.84 Å². The van der Waals surface area contributed by atoms with Gasteiger partial charge in [-0.1, -0.05) is 48.0 Å². The number of ether oxygens (including phenoxy) is 1.